The van der Waals surface area contributed by atoms with Crippen molar-refractivity contribution < 1.29 is 9.84 Å². The van der Waals surface area contributed by atoms with E-state index in [4.69, 9.17) is 16.3 Å². The lowest BCUT2D eigenvalue weighted by Crippen LogP contribution is -2.34. The molecule has 1 atom stereocenters. The molecular formula is C25H32ClN5O4. The number of anilines is 1. The van der Waals surface area contributed by atoms with Crippen molar-refractivity contribution in [3.63, 3.8) is 0 Å². The van der Waals surface area contributed by atoms with Gasteiger partial charge in [0.05, 0.1) is 48.7 Å². The topological polar surface area (TPSA) is 103 Å². The molecule has 3 heterocycles. The van der Waals surface area contributed by atoms with Crippen LogP contribution >= 0.6 is 11.6 Å². The van der Waals surface area contributed by atoms with Gasteiger partial charge in [-0.1, -0.05) is 23.7 Å². The van der Waals surface area contributed by atoms with Crippen LogP contribution < -0.4 is 16.6 Å². The fourth-order valence-corrected chi connectivity index (χ4v) is 5.72. The smallest absolute Gasteiger partial charge is 0.329 e. The molecular weight excluding hydrogens is 470 g/mol. The highest BCUT2D eigenvalue weighted by Crippen LogP contribution is 2.35. The first-order chi connectivity index (χ1) is 17.1. The number of hydrogen-bond acceptors (Lipinski definition) is 6. The minimum absolute atomic E-state index is 0.0356. The summed E-state index contributed by atoms with van der Waals surface area (Å²) in [6.45, 7) is 2.42. The Morgan fingerprint density at radius 3 is 2.54 bits per heavy atom. The van der Waals surface area contributed by atoms with E-state index in [-0.39, 0.29) is 41.5 Å². The predicted octanol–water partition coefficient (Wildman–Crippen LogP) is 3.20. The number of halogens is 1. The van der Waals surface area contributed by atoms with Crippen molar-refractivity contribution in [3.05, 3.63) is 56.3 Å². The minimum atomic E-state index is -0.281. The Labute approximate surface area is 208 Å². The first-order valence-electron chi connectivity index (χ1n) is 12.5. The molecule has 0 radical (unpaired) electrons. The summed E-state index contributed by atoms with van der Waals surface area (Å²) in [5.74, 6) is 0.407. The van der Waals surface area contributed by atoms with Gasteiger partial charge in [0.25, 0.3) is 5.56 Å². The molecule has 188 valence electrons. The quantitative estimate of drug-likeness (QED) is 0.515. The van der Waals surface area contributed by atoms with Crippen LogP contribution in [0.5, 0.6) is 0 Å². The number of benzene rings is 1. The highest BCUT2D eigenvalue weighted by molar-refractivity contribution is 6.32. The average molecular weight is 502 g/mol. The minimum Gasteiger partial charge on any atom is -0.395 e. The fraction of sp³-hybridized carbons (Fsp3) is 0.560. The summed E-state index contributed by atoms with van der Waals surface area (Å²) in [6.07, 6.45) is 6.76. The van der Waals surface area contributed by atoms with Crippen LogP contribution in [0, 0.1) is 5.92 Å². The molecule has 2 aliphatic rings. The molecule has 0 unspecified atom stereocenters. The molecule has 2 N–H and O–H groups in total. The summed E-state index contributed by atoms with van der Waals surface area (Å²) in [7, 11) is 0. The van der Waals surface area contributed by atoms with Crippen LogP contribution in [-0.4, -0.2) is 50.4 Å². The zero-order valence-corrected chi connectivity index (χ0v) is 20.5. The van der Waals surface area contributed by atoms with Crippen molar-refractivity contribution in [3.8, 4) is 0 Å². The molecule has 1 saturated heterocycles. The third-order valence-electron chi connectivity index (χ3n) is 7.35. The fourth-order valence-electron chi connectivity index (χ4n) is 5.51. The first kappa shape index (κ1) is 24.1. The van der Waals surface area contributed by atoms with E-state index in [1.807, 2.05) is 28.8 Å². The number of para-hydroxylation sites is 2. The number of imidazole rings is 1. The summed E-state index contributed by atoms with van der Waals surface area (Å²) in [5, 5.41) is 17.3. The van der Waals surface area contributed by atoms with Crippen molar-refractivity contribution in [1.29, 1.82) is 0 Å². The van der Waals surface area contributed by atoms with Gasteiger partial charge in [-0.3, -0.25) is 13.9 Å². The molecule has 5 rings (SSSR count). The van der Waals surface area contributed by atoms with Gasteiger partial charge in [-0.05, 0) is 56.6 Å². The van der Waals surface area contributed by atoms with Gasteiger partial charge >= 0.3 is 5.69 Å². The number of hydrogen-bond donors (Lipinski definition) is 2. The molecule has 10 heteroatoms. The maximum atomic E-state index is 13.2. The number of nitrogens with one attached hydrogen (secondary N) is 1. The normalized spacial score (nSPS) is 23.0. The molecule has 0 bridgehead atoms. The van der Waals surface area contributed by atoms with E-state index in [1.54, 1.807) is 10.8 Å². The Hall–Kier alpha value is -2.62. The van der Waals surface area contributed by atoms with Crippen molar-refractivity contribution >= 4 is 28.3 Å². The van der Waals surface area contributed by atoms with Gasteiger partial charge in [-0.15, -0.1) is 0 Å². The van der Waals surface area contributed by atoms with Crippen molar-refractivity contribution in [2.45, 2.75) is 57.2 Å². The van der Waals surface area contributed by atoms with Crippen molar-refractivity contribution in [2.24, 2.45) is 5.92 Å². The standard InChI is InChI=1S/C25H32ClN5O4/c26-23-20(27-14-17-4-3-13-35-16-17)15-28-31(24(23)33)19-9-7-18(8-10-19)30-22-6-2-1-5-21(22)29(11-12-32)25(30)34/h1-2,5-6,15,17-19,27,32H,3-4,7-14,16H2/t17-,18-,19-/m0/s1. The zero-order valence-electron chi connectivity index (χ0n) is 19.7. The molecule has 0 spiro atoms. The van der Waals surface area contributed by atoms with E-state index in [1.165, 1.54) is 4.68 Å². The highest BCUT2D eigenvalue weighted by atomic mass is 35.5. The summed E-state index contributed by atoms with van der Waals surface area (Å²) < 4.78 is 10.5. The zero-order chi connectivity index (χ0) is 24.4. The summed E-state index contributed by atoms with van der Waals surface area (Å²) in [4.78, 5) is 26.2. The SMILES string of the molecule is O=c1c(Cl)c(NC[C@@H]2CCCOC2)cnn1[C@H]1CC[C@H](n2c(=O)n(CCO)c3ccccc32)CC1. The maximum absolute atomic E-state index is 13.2. The Bertz CT molecular complexity index is 1290. The maximum Gasteiger partial charge on any atom is 0.329 e. The second kappa shape index (κ2) is 10.6. The second-order valence-electron chi connectivity index (χ2n) is 9.56. The summed E-state index contributed by atoms with van der Waals surface area (Å²) in [5.41, 5.74) is 1.90. The molecule has 9 nitrogen and oxygen atoms in total. The molecule has 1 saturated carbocycles. The molecule has 35 heavy (non-hydrogen) atoms. The van der Waals surface area contributed by atoms with E-state index in [9.17, 15) is 14.7 Å². The molecule has 2 aromatic heterocycles. The Morgan fingerprint density at radius 1 is 1.09 bits per heavy atom. The van der Waals surface area contributed by atoms with Crippen LogP contribution in [0.3, 0.4) is 0 Å². The van der Waals surface area contributed by atoms with Crippen LogP contribution in [0.4, 0.5) is 5.69 Å². The van der Waals surface area contributed by atoms with Gasteiger partial charge < -0.3 is 15.2 Å². The molecule has 0 amide bonds. The number of aliphatic hydroxyl groups excluding tert-OH is 1. The van der Waals surface area contributed by atoms with E-state index in [2.05, 4.69) is 10.4 Å². The van der Waals surface area contributed by atoms with Crippen molar-refractivity contribution in [1.82, 2.24) is 18.9 Å². The van der Waals surface area contributed by atoms with Crippen LogP contribution in [0.2, 0.25) is 5.02 Å². The molecule has 3 aromatic rings. The van der Waals surface area contributed by atoms with Gasteiger partial charge in [0.1, 0.15) is 5.02 Å². The second-order valence-corrected chi connectivity index (χ2v) is 9.94. The Kier molecular flexibility index (Phi) is 7.27. The Balaban J connectivity index is 1.29. The molecule has 1 aliphatic heterocycles. The molecule has 1 aromatic carbocycles. The summed E-state index contributed by atoms with van der Waals surface area (Å²) >= 11 is 6.44. The van der Waals surface area contributed by atoms with Gasteiger partial charge in [0, 0.05) is 19.2 Å². The third kappa shape index (κ3) is 4.77. The first-order valence-corrected chi connectivity index (χ1v) is 12.9. The van der Waals surface area contributed by atoms with E-state index in [0.717, 1.165) is 62.8 Å². The number of aliphatic hydroxyl groups is 1. The molecule has 1 aliphatic carbocycles. The lowest BCUT2D eigenvalue weighted by atomic mass is 9.91. The lowest BCUT2D eigenvalue weighted by Gasteiger charge is -2.30. The van der Waals surface area contributed by atoms with Gasteiger partial charge in [0.2, 0.25) is 0 Å². The van der Waals surface area contributed by atoms with Gasteiger partial charge in [-0.2, -0.15) is 5.10 Å². The number of ether oxygens (including phenoxy) is 1. The van der Waals surface area contributed by atoms with Crippen LogP contribution in [0.25, 0.3) is 11.0 Å². The average Bonchev–Trinajstić information content (AvgIpc) is 3.17. The lowest BCUT2D eigenvalue weighted by molar-refractivity contribution is 0.0595. The monoisotopic (exact) mass is 501 g/mol. The predicted molar refractivity (Wildman–Crippen MR) is 135 cm³/mol. The summed E-state index contributed by atoms with van der Waals surface area (Å²) in [6, 6.07) is 7.67. The molecule has 2 fully saturated rings. The largest absolute Gasteiger partial charge is 0.395 e. The third-order valence-corrected chi connectivity index (χ3v) is 7.71. The number of nitrogens with zero attached hydrogens (tertiary/aromatic N) is 4. The van der Waals surface area contributed by atoms with Crippen LogP contribution in [-0.2, 0) is 11.3 Å². The van der Waals surface area contributed by atoms with Gasteiger partial charge in [0.15, 0.2) is 0 Å². The van der Waals surface area contributed by atoms with Crippen LogP contribution in [0.1, 0.15) is 50.6 Å². The van der Waals surface area contributed by atoms with E-state index < -0.39 is 0 Å². The van der Waals surface area contributed by atoms with E-state index >= 15 is 0 Å². The highest BCUT2D eigenvalue weighted by Gasteiger charge is 2.28. The van der Waals surface area contributed by atoms with Crippen molar-refractivity contribution in [2.75, 3.05) is 31.7 Å². The number of rotatable bonds is 7. The van der Waals surface area contributed by atoms with Gasteiger partial charge in [-0.25, -0.2) is 9.48 Å². The van der Waals surface area contributed by atoms with Crippen LogP contribution in [0.15, 0.2) is 40.1 Å². The number of fused-ring (bicyclic) bond motifs is 1. The number of aromatic nitrogens is 4. The Morgan fingerprint density at radius 2 is 1.83 bits per heavy atom. The van der Waals surface area contributed by atoms with E-state index in [0.29, 0.717) is 18.2 Å².